The average molecular weight is 326 g/mol. The third-order valence-corrected chi connectivity index (χ3v) is 5.12. The molecular weight excluding hydrogens is 308 g/mol. The Balaban J connectivity index is 1.98. The van der Waals surface area contributed by atoms with E-state index >= 15 is 0 Å². The van der Waals surface area contributed by atoms with Crippen molar-refractivity contribution in [2.24, 2.45) is 0 Å². The van der Waals surface area contributed by atoms with Gasteiger partial charge in [-0.2, -0.15) is 5.26 Å². The summed E-state index contributed by atoms with van der Waals surface area (Å²) >= 11 is 1.59. The van der Waals surface area contributed by atoms with E-state index in [1.54, 1.807) is 11.8 Å². The van der Waals surface area contributed by atoms with Crippen molar-refractivity contribution < 1.29 is 0 Å². The number of H-pyrrole nitrogens is 1. The second kappa shape index (κ2) is 6.99. The van der Waals surface area contributed by atoms with Crippen LogP contribution in [-0.4, -0.2) is 28.3 Å². The predicted molar refractivity (Wildman–Crippen MR) is 91.5 cm³/mol. The van der Waals surface area contributed by atoms with Gasteiger partial charge in [-0.3, -0.25) is 4.79 Å². The minimum Gasteiger partial charge on any atom is -0.317 e. The topological polar surface area (TPSA) is 81.6 Å². The molecule has 0 aliphatic carbocycles. The van der Waals surface area contributed by atoms with Crippen LogP contribution < -0.4 is 10.9 Å². The van der Waals surface area contributed by atoms with E-state index < -0.39 is 0 Å². The molecule has 2 aromatic rings. The molecule has 0 amide bonds. The van der Waals surface area contributed by atoms with Gasteiger partial charge < -0.3 is 10.3 Å². The summed E-state index contributed by atoms with van der Waals surface area (Å²) in [5.74, 6) is 0. The first-order valence-electron chi connectivity index (χ1n) is 7.66. The molecule has 1 aromatic carbocycles. The lowest BCUT2D eigenvalue weighted by atomic mass is 10.1. The number of aromatic nitrogens is 2. The molecule has 1 aliphatic rings. The molecule has 0 saturated carbocycles. The Hall–Kier alpha value is -2.10. The van der Waals surface area contributed by atoms with Crippen LogP contribution in [0.3, 0.4) is 0 Å². The van der Waals surface area contributed by atoms with E-state index in [-0.39, 0.29) is 11.1 Å². The number of hydrogen-bond donors (Lipinski definition) is 2. The zero-order valence-corrected chi connectivity index (χ0v) is 13.7. The molecule has 118 valence electrons. The summed E-state index contributed by atoms with van der Waals surface area (Å²) in [7, 11) is 0. The molecule has 1 aliphatic heterocycles. The summed E-state index contributed by atoms with van der Waals surface area (Å²) in [6.07, 6.45) is 2.10. The minimum atomic E-state index is -0.366. The van der Waals surface area contributed by atoms with E-state index in [0.717, 1.165) is 37.1 Å². The average Bonchev–Trinajstić information content (AvgIpc) is 2.56. The van der Waals surface area contributed by atoms with Gasteiger partial charge in [-0.25, -0.2) is 4.98 Å². The number of hydrogen-bond acceptors (Lipinski definition) is 5. The van der Waals surface area contributed by atoms with Crippen LogP contribution in [0.4, 0.5) is 0 Å². The number of benzene rings is 1. The monoisotopic (exact) mass is 326 g/mol. The zero-order valence-electron chi connectivity index (χ0n) is 12.9. The number of rotatable bonds is 3. The van der Waals surface area contributed by atoms with Crippen molar-refractivity contribution in [3.63, 3.8) is 0 Å². The fourth-order valence-corrected chi connectivity index (χ4v) is 3.69. The fourth-order valence-electron chi connectivity index (χ4n) is 2.60. The number of nitriles is 1. The van der Waals surface area contributed by atoms with Crippen molar-refractivity contribution in [2.45, 2.75) is 30.2 Å². The molecule has 1 aromatic heterocycles. The molecule has 0 atom stereocenters. The summed E-state index contributed by atoms with van der Waals surface area (Å²) in [5, 5.41) is 13.7. The Morgan fingerprint density at radius 2 is 1.96 bits per heavy atom. The first-order valence-corrected chi connectivity index (χ1v) is 8.54. The van der Waals surface area contributed by atoms with E-state index in [0.29, 0.717) is 16.1 Å². The maximum atomic E-state index is 12.2. The lowest BCUT2D eigenvalue weighted by Crippen LogP contribution is -2.29. The van der Waals surface area contributed by atoms with Gasteiger partial charge in [0.15, 0.2) is 5.16 Å². The highest BCUT2D eigenvalue weighted by Crippen LogP contribution is 2.28. The van der Waals surface area contributed by atoms with Gasteiger partial charge in [0.25, 0.3) is 5.56 Å². The highest BCUT2D eigenvalue weighted by atomic mass is 32.2. The number of thioether (sulfide) groups is 1. The highest BCUT2D eigenvalue weighted by molar-refractivity contribution is 7.99. The molecule has 2 heterocycles. The van der Waals surface area contributed by atoms with Gasteiger partial charge in [0.05, 0.1) is 5.69 Å². The van der Waals surface area contributed by atoms with Crippen LogP contribution in [0, 0.1) is 18.3 Å². The summed E-state index contributed by atoms with van der Waals surface area (Å²) in [6.45, 7) is 3.98. The Labute approximate surface area is 139 Å². The summed E-state index contributed by atoms with van der Waals surface area (Å²) in [6, 6.07) is 9.70. The molecule has 0 bridgehead atoms. The molecule has 23 heavy (non-hydrogen) atoms. The fraction of sp³-hybridized carbons (Fsp3) is 0.353. The van der Waals surface area contributed by atoms with Crippen LogP contribution in [0.1, 0.15) is 24.0 Å². The predicted octanol–water partition coefficient (Wildman–Crippen LogP) is 2.46. The van der Waals surface area contributed by atoms with E-state index in [2.05, 4.69) is 15.3 Å². The standard InChI is InChI=1S/C17H18N4OS/c1-11-2-4-12(5-3-11)15-14(10-18)16(22)21-17(20-15)23-13-6-8-19-9-7-13/h2-5,13,19H,6-9H2,1H3,(H,20,21,22). The van der Waals surface area contributed by atoms with Crippen LogP contribution in [-0.2, 0) is 0 Å². The van der Waals surface area contributed by atoms with Gasteiger partial charge in [-0.05, 0) is 32.9 Å². The zero-order chi connectivity index (χ0) is 16.2. The second-order valence-electron chi connectivity index (χ2n) is 5.64. The van der Waals surface area contributed by atoms with Crippen molar-refractivity contribution in [3.05, 3.63) is 45.7 Å². The number of piperidine rings is 1. The highest BCUT2D eigenvalue weighted by Gasteiger charge is 2.18. The molecular formula is C17H18N4OS. The smallest absolute Gasteiger partial charge is 0.270 e. The number of aromatic amines is 1. The van der Waals surface area contributed by atoms with Crippen LogP contribution in [0.15, 0.2) is 34.2 Å². The summed E-state index contributed by atoms with van der Waals surface area (Å²) in [5.41, 5.74) is 2.09. The van der Waals surface area contributed by atoms with Gasteiger partial charge in [-0.1, -0.05) is 41.6 Å². The van der Waals surface area contributed by atoms with Gasteiger partial charge >= 0.3 is 0 Å². The SMILES string of the molecule is Cc1ccc(-c2nc(SC3CCNCC3)[nH]c(=O)c2C#N)cc1. The maximum absolute atomic E-state index is 12.2. The van der Waals surface area contributed by atoms with Crippen LogP contribution in [0.25, 0.3) is 11.3 Å². The Morgan fingerprint density at radius 3 is 2.61 bits per heavy atom. The van der Waals surface area contributed by atoms with E-state index in [4.69, 9.17) is 0 Å². The molecule has 6 heteroatoms. The number of nitrogens with zero attached hydrogens (tertiary/aromatic N) is 2. The van der Waals surface area contributed by atoms with Gasteiger partial charge in [0.2, 0.25) is 0 Å². The Morgan fingerprint density at radius 1 is 1.26 bits per heavy atom. The lowest BCUT2D eigenvalue weighted by molar-refractivity contribution is 0.530. The molecule has 0 unspecified atom stereocenters. The van der Waals surface area contributed by atoms with Crippen molar-refractivity contribution in [3.8, 4) is 17.3 Å². The van der Waals surface area contributed by atoms with Crippen LogP contribution in [0.5, 0.6) is 0 Å². The first kappa shape index (κ1) is 15.8. The lowest BCUT2D eigenvalue weighted by Gasteiger charge is -2.21. The third kappa shape index (κ3) is 3.63. The van der Waals surface area contributed by atoms with Crippen molar-refractivity contribution in [1.82, 2.24) is 15.3 Å². The van der Waals surface area contributed by atoms with Crippen LogP contribution >= 0.6 is 11.8 Å². The number of aryl methyl sites for hydroxylation is 1. The Kier molecular flexibility index (Phi) is 4.79. The third-order valence-electron chi connectivity index (χ3n) is 3.90. The quantitative estimate of drug-likeness (QED) is 0.847. The largest absolute Gasteiger partial charge is 0.317 e. The molecule has 0 spiro atoms. The van der Waals surface area contributed by atoms with Crippen LogP contribution in [0.2, 0.25) is 0 Å². The minimum absolute atomic E-state index is 0.0727. The number of nitrogens with one attached hydrogen (secondary N) is 2. The molecule has 0 radical (unpaired) electrons. The van der Waals surface area contributed by atoms with E-state index in [1.807, 2.05) is 37.3 Å². The van der Waals surface area contributed by atoms with Crippen molar-refractivity contribution >= 4 is 11.8 Å². The maximum Gasteiger partial charge on any atom is 0.270 e. The molecule has 1 fully saturated rings. The van der Waals surface area contributed by atoms with E-state index in [1.165, 1.54) is 0 Å². The summed E-state index contributed by atoms with van der Waals surface area (Å²) in [4.78, 5) is 19.5. The molecule has 3 rings (SSSR count). The first-order chi connectivity index (χ1) is 11.2. The van der Waals surface area contributed by atoms with Crippen molar-refractivity contribution in [2.75, 3.05) is 13.1 Å². The second-order valence-corrected chi connectivity index (χ2v) is 6.93. The van der Waals surface area contributed by atoms with E-state index in [9.17, 15) is 10.1 Å². The summed E-state index contributed by atoms with van der Waals surface area (Å²) < 4.78 is 0. The Bertz CT molecular complexity index is 786. The molecule has 2 N–H and O–H groups in total. The molecule has 1 saturated heterocycles. The normalized spacial score (nSPS) is 15.3. The van der Waals surface area contributed by atoms with Gasteiger partial charge in [0.1, 0.15) is 11.6 Å². The van der Waals surface area contributed by atoms with Gasteiger partial charge in [-0.15, -0.1) is 0 Å². The van der Waals surface area contributed by atoms with Gasteiger partial charge in [0, 0.05) is 10.8 Å². The molecule has 5 nitrogen and oxygen atoms in total. The van der Waals surface area contributed by atoms with Crippen molar-refractivity contribution in [1.29, 1.82) is 5.26 Å².